The Balaban J connectivity index is 1.89. The van der Waals surface area contributed by atoms with Crippen molar-refractivity contribution in [3.63, 3.8) is 0 Å². The average Bonchev–Trinajstić information content (AvgIpc) is 2.53. The Labute approximate surface area is 141 Å². The van der Waals surface area contributed by atoms with Gasteiger partial charge in [0.15, 0.2) is 0 Å². The molecule has 0 aliphatic carbocycles. The first kappa shape index (κ1) is 17.8. The summed E-state index contributed by atoms with van der Waals surface area (Å²) in [4.78, 5) is 13.9. The van der Waals surface area contributed by atoms with Gasteiger partial charge in [0.25, 0.3) is 0 Å². The molecule has 0 saturated carbocycles. The molecule has 0 aromatic heterocycles. The van der Waals surface area contributed by atoms with Crippen LogP contribution in [0.3, 0.4) is 0 Å². The third kappa shape index (κ3) is 4.97. The van der Waals surface area contributed by atoms with Crippen LogP contribution in [0.15, 0.2) is 53.4 Å². The zero-order valence-electron chi connectivity index (χ0n) is 13.5. The van der Waals surface area contributed by atoms with E-state index in [0.29, 0.717) is 5.69 Å². The van der Waals surface area contributed by atoms with E-state index in [1.165, 1.54) is 12.1 Å². The number of hydrogen-bond acceptors (Lipinski definition) is 4. The number of anilines is 2. The number of urea groups is 1. The summed E-state index contributed by atoms with van der Waals surface area (Å²) < 4.78 is 22.3. The number of amides is 2. The minimum absolute atomic E-state index is 0.0386. The van der Waals surface area contributed by atoms with E-state index < -0.39 is 10.0 Å². The van der Waals surface area contributed by atoms with Crippen LogP contribution in [0.1, 0.15) is 5.56 Å². The summed E-state index contributed by atoms with van der Waals surface area (Å²) in [7, 11) is 0.177. The summed E-state index contributed by atoms with van der Waals surface area (Å²) >= 11 is 0. The standard InChI is InChI=1S/C16H20N4O3S/c1-20(2)14-7-5-13(6-8-14)19-16(21)18-11-12-3-9-15(10-4-12)24(17,22)23/h3-10H,11H2,1-2H3,(H2,17,22,23)(H2,18,19,21). The monoisotopic (exact) mass is 348 g/mol. The van der Waals surface area contributed by atoms with Crippen LogP contribution in [-0.4, -0.2) is 28.5 Å². The number of sulfonamides is 1. The maximum absolute atomic E-state index is 11.9. The maximum Gasteiger partial charge on any atom is 0.319 e. The normalized spacial score (nSPS) is 11.0. The van der Waals surface area contributed by atoms with E-state index in [-0.39, 0.29) is 17.5 Å². The second-order valence-electron chi connectivity index (χ2n) is 5.44. The second kappa shape index (κ2) is 7.33. The van der Waals surface area contributed by atoms with Crippen molar-refractivity contribution in [2.75, 3.05) is 24.3 Å². The van der Waals surface area contributed by atoms with Crippen LogP contribution in [0, 0.1) is 0 Å². The zero-order valence-corrected chi connectivity index (χ0v) is 14.3. The highest BCUT2D eigenvalue weighted by molar-refractivity contribution is 7.89. The predicted octanol–water partition coefficient (Wildman–Crippen LogP) is 1.72. The fourth-order valence-electron chi connectivity index (χ4n) is 2.00. The average molecular weight is 348 g/mol. The summed E-state index contributed by atoms with van der Waals surface area (Å²) in [5, 5.41) is 10.5. The third-order valence-electron chi connectivity index (χ3n) is 3.35. The Hall–Kier alpha value is -2.58. The van der Waals surface area contributed by atoms with Crippen molar-refractivity contribution in [2.24, 2.45) is 5.14 Å². The fraction of sp³-hybridized carbons (Fsp3) is 0.188. The molecule has 0 saturated heterocycles. The lowest BCUT2D eigenvalue weighted by molar-refractivity contribution is 0.251. The third-order valence-corrected chi connectivity index (χ3v) is 4.28. The molecule has 0 aliphatic heterocycles. The molecule has 0 unspecified atom stereocenters. The minimum Gasteiger partial charge on any atom is -0.378 e. The number of carbonyl (C=O) groups excluding carboxylic acids is 1. The van der Waals surface area contributed by atoms with Gasteiger partial charge in [0.05, 0.1) is 4.90 Å². The van der Waals surface area contributed by atoms with Gasteiger partial charge >= 0.3 is 6.03 Å². The Morgan fingerprint density at radius 3 is 2.12 bits per heavy atom. The molecule has 24 heavy (non-hydrogen) atoms. The quantitative estimate of drug-likeness (QED) is 0.765. The van der Waals surface area contributed by atoms with Gasteiger partial charge in [-0.15, -0.1) is 0 Å². The van der Waals surface area contributed by atoms with E-state index in [2.05, 4.69) is 10.6 Å². The molecule has 7 nitrogen and oxygen atoms in total. The van der Waals surface area contributed by atoms with Gasteiger partial charge in [-0.2, -0.15) is 0 Å². The summed E-state index contributed by atoms with van der Waals surface area (Å²) in [6.45, 7) is 0.270. The zero-order chi connectivity index (χ0) is 17.7. The van der Waals surface area contributed by atoms with Crippen molar-refractivity contribution in [1.29, 1.82) is 0 Å². The number of nitrogens with zero attached hydrogens (tertiary/aromatic N) is 1. The first-order valence-corrected chi connectivity index (χ1v) is 8.74. The summed E-state index contributed by atoms with van der Waals surface area (Å²) in [5.74, 6) is 0. The van der Waals surface area contributed by atoms with Crippen LogP contribution in [-0.2, 0) is 16.6 Å². The molecule has 2 rings (SSSR count). The van der Waals surface area contributed by atoms with E-state index in [4.69, 9.17) is 5.14 Å². The molecule has 8 heteroatoms. The van der Waals surface area contributed by atoms with Crippen LogP contribution in [0.2, 0.25) is 0 Å². The molecule has 2 amide bonds. The topological polar surface area (TPSA) is 105 Å². The van der Waals surface area contributed by atoms with Crippen molar-refractivity contribution in [3.05, 3.63) is 54.1 Å². The molecule has 0 radical (unpaired) electrons. The molecule has 0 fully saturated rings. The lowest BCUT2D eigenvalue weighted by atomic mass is 10.2. The second-order valence-corrected chi connectivity index (χ2v) is 7.00. The number of nitrogens with two attached hydrogens (primary N) is 1. The van der Waals surface area contributed by atoms with Gasteiger partial charge in [0.1, 0.15) is 0 Å². The fourth-order valence-corrected chi connectivity index (χ4v) is 2.51. The SMILES string of the molecule is CN(C)c1ccc(NC(=O)NCc2ccc(S(N)(=O)=O)cc2)cc1. The van der Waals surface area contributed by atoms with E-state index in [0.717, 1.165) is 11.3 Å². The molecule has 0 aliphatic rings. The molecule has 0 heterocycles. The summed E-state index contributed by atoms with van der Waals surface area (Å²) in [6, 6.07) is 13.1. The lowest BCUT2D eigenvalue weighted by Gasteiger charge is -2.13. The van der Waals surface area contributed by atoms with Gasteiger partial charge in [0.2, 0.25) is 10.0 Å². The molecule has 2 aromatic rings. The maximum atomic E-state index is 11.9. The predicted molar refractivity (Wildman–Crippen MR) is 94.4 cm³/mol. The smallest absolute Gasteiger partial charge is 0.319 e. The summed E-state index contributed by atoms with van der Waals surface area (Å²) in [5.41, 5.74) is 2.49. The molecule has 0 bridgehead atoms. The highest BCUT2D eigenvalue weighted by atomic mass is 32.2. The number of hydrogen-bond donors (Lipinski definition) is 3. The molecule has 4 N–H and O–H groups in total. The van der Waals surface area contributed by atoms with E-state index in [1.807, 2.05) is 43.3 Å². The van der Waals surface area contributed by atoms with E-state index >= 15 is 0 Å². The molecule has 128 valence electrons. The molecular weight excluding hydrogens is 328 g/mol. The van der Waals surface area contributed by atoms with Crippen LogP contribution in [0.4, 0.5) is 16.2 Å². The molecular formula is C16H20N4O3S. The number of nitrogens with one attached hydrogen (secondary N) is 2. The first-order valence-electron chi connectivity index (χ1n) is 7.20. The molecule has 0 atom stereocenters. The minimum atomic E-state index is -3.70. The molecule has 2 aromatic carbocycles. The van der Waals surface area contributed by atoms with Gasteiger partial charge in [-0.05, 0) is 42.0 Å². The number of benzene rings is 2. The number of rotatable bonds is 5. The Morgan fingerprint density at radius 2 is 1.62 bits per heavy atom. The summed E-state index contributed by atoms with van der Waals surface area (Å²) in [6.07, 6.45) is 0. The van der Waals surface area contributed by atoms with Crippen molar-refractivity contribution < 1.29 is 13.2 Å². The highest BCUT2D eigenvalue weighted by Gasteiger charge is 2.07. The van der Waals surface area contributed by atoms with Gasteiger partial charge in [0, 0.05) is 32.0 Å². The Kier molecular flexibility index (Phi) is 5.42. The Morgan fingerprint density at radius 1 is 1.04 bits per heavy atom. The highest BCUT2D eigenvalue weighted by Crippen LogP contribution is 2.15. The first-order chi connectivity index (χ1) is 11.3. The molecule has 0 spiro atoms. The number of primary sulfonamides is 1. The van der Waals surface area contributed by atoms with Crippen LogP contribution < -0.4 is 20.7 Å². The van der Waals surface area contributed by atoms with Gasteiger partial charge < -0.3 is 15.5 Å². The van der Waals surface area contributed by atoms with Crippen LogP contribution >= 0.6 is 0 Å². The number of carbonyl (C=O) groups is 1. The van der Waals surface area contributed by atoms with Crippen molar-refractivity contribution in [3.8, 4) is 0 Å². The van der Waals surface area contributed by atoms with Crippen molar-refractivity contribution in [2.45, 2.75) is 11.4 Å². The van der Waals surface area contributed by atoms with Crippen LogP contribution in [0.25, 0.3) is 0 Å². The van der Waals surface area contributed by atoms with Crippen LogP contribution in [0.5, 0.6) is 0 Å². The van der Waals surface area contributed by atoms with Gasteiger partial charge in [-0.1, -0.05) is 12.1 Å². The Bertz CT molecular complexity index is 800. The largest absolute Gasteiger partial charge is 0.378 e. The van der Waals surface area contributed by atoms with E-state index in [1.54, 1.807) is 12.1 Å². The van der Waals surface area contributed by atoms with Crippen molar-refractivity contribution >= 4 is 27.4 Å². The lowest BCUT2D eigenvalue weighted by Crippen LogP contribution is -2.28. The van der Waals surface area contributed by atoms with Crippen molar-refractivity contribution in [1.82, 2.24) is 5.32 Å². The van der Waals surface area contributed by atoms with Gasteiger partial charge in [-0.3, -0.25) is 0 Å². The van der Waals surface area contributed by atoms with E-state index in [9.17, 15) is 13.2 Å². The van der Waals surface area contributed by atoms with Gasteiger partial charge in [-0.25, -0.2) is 18.4 Å².